The van der Waals surface area contributed by atoms with Crippen LogP contribution < -0.4 is 4.74 Å². The number of nitrogens with zero attached hydrogens (tertiary/aromatic N) is 3. The Kier molecular flexibility index (Phi) is 6.29. The van der Waals surface area contributed by atoms with Gasteiger partial charge in [-0.05, 0) is 50.5 Å². The summed E-state index contributed by atoms with van der Waals surface area (Å²) in [5.41, 5.74) is 2.07. The third-order valence-electron chi connectivity index (χ3n) is 4.74. The van der Waals surface area contributed by atoms with Gasteiger partial charge in [0.2, 0.25) is 0 Å². The van der Waals surface area contributed by atoms with E-state index in [1.54, 1.807) is 11.8 Å². The van der Waals surface area contributed by atoms with E-state index >= 15 is 0 Å². The van der Waals surface area contributed by atoms with Gasteiger partial charge in [-0.3, -0.25) is 4.57 Å². The van der Waals surface area contributed by atoms with Crippen molar-refractivity contribution in [1.82, 2.24) is 14.8 Å². The number of thioether (sulfide) groups is 1. The van der Waals surface area contributed by atoms with E-state index in [2.05, 4.69) is 39.0 Å². The normalized spacial score (nSPS) is 16.8. The molecule has 0 amide bonds. The molecule has 5 nitrogen and oxygen atoms in total. The molecule has 0 spiro atoms. The molecule has 2 aromatic carbocycles. The van der Waals surface area contributed by atoms with Crippen LogP contribution in [0.5, 0.6) is 5.75 Å². The van der Waals surface area contributed by atoms with Crippen molar-refractivity contribution < 1.29 is 9.47 Å². The lowest BCUT2D eigenvalue weighted by Crippen LogP contribution is -2.21. The van der Waals surface area contributed by atoms with Crippen molar-refractivity contribution in [2.24, 2.45) is 0 Å². The first kappa shape index (κ1) is 19.0. The van der Waals surface area contributed by atoms with Crippen LogP contribution in [-0.2, 0) is 4.74 Å². The molecule has 1 atom stereocenters. The molecule has 0 bridgehead atoms. The Morgan fingerprint density at radius 1 is 1.07 bits per heavy atom. The average Bonchev–Trinajstić information content (AvgIpc) is 3.18. The van der Waals surface area contributed by atoms with E-state index in [1.807, 2.05) is 37.3 Å². The van der Waals surface area contributed by atoms with Crippen molar-refractivity contribution in [2.75, 3.05) is 19.0 Å². The molecular weight excluding hydrogens is 370 g/mol. The lowest BCUT2D eigenvalue weighted by molar-refractivity contribution is 0.0315. The van der Waals surface area contributed by atoms with Crippen molar-refractivity contribution in [1.29, 1.82) is 0 Å². The molecular formula is C22H25N3O2S. The first-order valence-electron chi connectivity index (χ1n) is 9.83. The lowest BCUT2D eigenvalue weighted by Gasteiger charge is -2.22. The maximum absolute atomic E-state index is 5.88. The van der Waals surface area contributed by atoms with Gasteiger partial charge in [0.15, 0.2) is 11.0 Å². The molecule has 0 unspecified atom stereocenters. The van der Waals surface area contributed by atoms with E-state index in [9.17, 15) is 0 Å². The first-order chi connectivity index (χ1) is 13.8. The molecule has 0 radical (unpaired) electrons. The first-order valence-corrected chi connectivity index (χ1v) is 10.8. The van der Waals surface area contributed by atoms with E-state index in [-0.39, 0.29) is 0 Å². The topological polar surface area (TPSA) is 49.2 Å². The van der Waals surface area contributed by atoms with Crippen molar-refractivity contribution in [2.45, 2.75) is 37.4 Å². The molecule has 1 aromatic heterocycles. The van der Waals surface area contributed by atoms with Gasteiger partial charge < -0.3 is 9.47 Å². The van der Waals surface area contributed by atoms with Gasteiger partial charge in [0.05, 0.1) is 12.7 Å². The predicted octanol–water partition coefficient (Wildman–Crippen LogP) is 4.99. The minimum atomic E-state index is 0.296. The Hall–Kier alpha value is -2.31. The summed E-state index contributed by atoms with van der Waals surface area (Å²) in [6, 6.07) is 18.3. The summed E-state index contributed by atoms with van der Waals surface area (Å²) in [4.78, 5) is 0. The van der Waals surface area contributed by atoms with Crippen LogP contribution in [0.3, 0.4) is 0 Å². The van der Waals surface area contributed by atoms with Crippen LogP contribution in [0.4, 0.5) is 0 Å². The van der Waals surface area contributed by atoms with Gasteiger partial charge in [-0.15, -0.1) is 10.2 Å². The lowest BCUT2D eigenvalue weighted by atomic mass is 10.1. The third kappa shape index (κ3) is 4.39. The van der Waals surface area contributed by atoms with E-state index in [0.717, 1.165) is 46.8 Å². The number of rotatable bonds is 7. The number of aromatic nitrogens is 3. The summed E-state index contributed by atoms with van der Waals surface area (Å²) in [6.07, 6.45) is 3.83. The molecule has 1 aliphatic rings. The summed E-state index contributed by atoms with van der Waals surface area (Å²) < 4.78 is 13.6. The minimum Gasteiger partial charge on any atom is -0.494 e. The van der Waals surface area contributed by atoms with Crippen LogP contribution in [0, 0.1) is 0 Å². The molecule has 0 aliphatic carbocycles. The quantitative estimate of drug-likeness (QED) is 0.527. The number of hydrogen-bond donors (Lipinski definition) is 0. The zero-order valence-electron chi connectivity index (χ0n) is 16.1. The Bertz CT molecular complexity index is 875. The summed E-state index contributed by atoms with van der Waals surface area (Å²) >= 11 is 1.71. The van der Waals surface area contributed by atoms with Gasteiger partial charge in [0, 0.05) is 23.6 Å². The molecule has 0 N–H and O–H groups in total. The highest BCUT2D eigenvalue weighted by atomic mass is 32.2. The molecule has 4 rings (SSSR count). The van der Waals surface area contributed by atoms with E-state index < -0.39 is 0 Å². The fraction of sp³-hybridized carbons (Fsp3) is 0.364. The Labute approximate surface area is 170 Å². The van der Waals surface area contributed by atoms with Crippen molar-refractivity contribution in [3.63, 3.8) is 0 Å². The summed E-state index contributed by atoms with van der Waals surface area (Å²) in [5.74, 6) is 2.60. The highest BCUT2D eigenvalue weighted by molar-refractivity contribution is 7.99. The van der Waals surface area contributed by atoms with E-state index in [1.165, 1.54) is 12.8 Å². The molecule has 1 fully saturated rings. The fourth-order valence-electron chi connectivity index (χ4n) is 3.33. The van der Waals surface area contributed by atoms with Crippen LogP contribution in [0.15, 0.2) is 59.8 Å². The standard InChI is InChI=1S/C22H25N3O2S/c1-2-26-19-13-11-18(12-14-19)25-21(17-8-4-3-5-9-17)23-24-22(25)28-16-20-10-6-7-15-27-20/h3-5,8-9,11-14,20H,2,6-7,10,15-16H2,1H3/t20-/m0/s1. The van der Waals surface area contributed by atoms with Crippen molar-refractivity contribution >= 4 is 11.8 Å². The minimum absolute atomic E-state index is 0.296. The summed E-state index contributed by atoms with van der Waals surface area (Å²) in [7, 11) is 0. The van der Waals surface area contributed by atoms with Gasteiger partial charge in [-0.25, -0.2) is 0 Å². The number of ether oxygens (including phenoxy) is 2. The third-order valence-corrected chi connectivity index (χ3v) is 5.80. The summed E-state index contributed by atoms with van der Waals surface area (Å²) in [6.45, 7) is 3.51. The fourth-order valence-corrected chi connectivity index (χ4v) is 4.35. The molecule has 1 saturated heterocycles. The highest BCUT2D eigenvalue weighted by Gasteiger charge is 2.19. The smallest absolute Gasteiger partial charge is 0.196 e. The molecule has 2 heterocycles. The van der Waals surface area contributed by atoms with Gasteiger partial charge in [-0.1, -0.05) is 42.1 Å². The average molecular weight is 396 g/mol. The number of benzene rings is 2. The Balaban J connectivity index is 1.65. The summed E-state index contributed by atoms with van der Waals surface area (Å²) in [5, 5.41) is 9.89. The monoisotopic (exact) mass is 395 g/mol. The second-order valence-electron chi connectivity index (χ2n) is 6.73. The van der Waals surface area contributed by atoms with Crippen molar-refractivity contribution in [3.8, 4) is 22.8 Å². The predicted molar refractivity (Wildman–Crippen MR) is 112 cm³/mol. The van der Waals surface area contributed by atoms with E-state index in [4.69, 9.17) is 9.47 Å². The van der Waals surface area contributed by atoms with Crippen LogP contribution >= 0.6 is 11.8 Å². The van der Waals surface area contributed by atoms with Crippen molar-refractivity contribution in [3.05, 3.63) is 54.6 Å². The second kappa shape index (κ2) is 9.26. The zero-order valence-corrected chi connectivity index (χ0v) is 16.9. The maximum atomic E-state index is 5.88. The van der Waals surface area contributed by atoms with Gasteiger partial charge in [0.25, 0.3) is 0 Å². The number of hydrogen-bond acceptors (Lipinski definition) is 5. The Morgan fingerprint density at radius 2 is 1.89 bits per heavy atom. The maximum Gasteiger partial charge on any atom is 0.196 e. The van der Waals surface area contributed by atoms with E-state index in [0.29, 0.717) is 12.7 Å². The largest absolute Gasteiger partial charge is 0.494 e. The SMILES string of the molecule is CCOc1ccc(-n2c(SC[C@@H]3CCCCO3)nnc2-c2ccccc2)cc1. The molecule has 3 aromatic rings. The molecule has 28 heavy (non-hydrogen) atoms. The van der Waals surface area contributed by atoms with Gasteiger partial charge in [-0.2, -0.15) is 0 Å². The van der Waals surface area contributed by atoms with Gasteiger partial charge in [0.1, 0.15) is 5.75 Å². The second-order valence-corrected chi connectivity index (χ2v) is 7.72. The van der Waals surface area contributed by atoms with Crippen LogP contribution in [0.2, 0.25) is 0 Å². The van der Waals surface area contributed by atoms with Crippen LogP contribution in [0.1, 0.15) is 26.2 Å². The highest BCUT2D eigenvalue weighted by Crippen LogP contribution is 2.30. The zero-order chi connectivity index (χ0) is 19.2. The van der Waals surface area contributed by atoms with Gasteiger partial charge >= 0.3 is 0 Å². The Morgan fingerprint density at radius 3 is 2.61 bits per heavy atom. The molecule has 6 heteroatoms. The van der Waals surface area contributed by atoms with Crippen LogP contribution in [-0.4, -0.2) is 39.8 Å². The molecule has 1 aliphatic heterocycles. The molecule has 0 saturated carbocycles. The van der Waals surface area contributed by atoms with Crippen LogP contribution in [0.25, 0.3) is 17.1 Å². The molecule has 146 valence electrons.